The number of carbonyl (C=O) groups excluding carboxylic acids is 1. The van der Waals surface area contributed by atoms with E-state index in [1.54, 1.807) is 0 Å². The molecule has 0 atom stereocenters. The molecular formula is C16H27N3O. The number of nitrogens with one attached hydrogen (secondary N) is 1. The van der Waals surface area contributed by atoms with Crippen LogP contribution >= 0.6 is 0 Å². The molecule has 1 heterocycles. The first kappa shape index (κ1) is 15.1. The van der Waals surface area contributed by atoms with Crippen molar-refractivity contribution in [3.8, 4) is 0 Å². The summed E-state index contributed by atoms with van der Waals surface area (Å²) in [5.74, 6) is 0.591. The summed E-state index contributed by atoms with van der Waals surface area (Å²) in [6.07, 6.45) is 16.3. The summed E-state index contributed by atoms with van der Waals surface area (Å²) in [5.41, 5.74) is 0. The van der Waals surface area contributed by atoms with Crippen LogP contribution in [0.5, 0.6) is 0 Å². The Bertz CT molecular complexity index is 369. The fourth-order valence-electron chi connectivity index (χ4n) is 2.91. The molecule has 112 valence electrons. The highest BCUT2D eigenvalue weighted by atomic mass is 16.1. The predicted molar refractivity (Wildman–Crippen MR) is 80.3 cm³/mol. The zero-order chi connectivity index (χ0) is 14.0. The Morgan fingerprint density at radius 2 is 1.95 bits per heavy atom. The predicted octanol–water partition coefficient (Wildman–Crippen LogP) is 3.14. The van der Waals surface area contributed by atoms with Gasteiger partial charge in [-0.25, -0.2) is 4.98 Å². The highest BCUT2D eigenvalue weighted by molar-refractivity contribution is 5.78. The summed E-state index contributed by atoms with van der Waals surface area (Å²) < 4.78 is 2.12. The Labute approximate surface area is 122 Å². The maximum Gasteiger partial charge on any atom is 0.223 e. The largest absolute Gasteiger partial charge is 0.356 e. The van der Waals surface area contributed by atoms with E-state index in [0.717, 1.165) is 32.4 Å². The Balaban J connectivity index is 1.44. The molecule has 0 aliphatic heterocycles. The standard InChI is InChI=1S/C16H27N3O/c20-16(15-8-4-3-5-9-15)18-10-6-1-2-7-12-19-13-11-17-14-19/h11,13-15H,1-10,12H2,(H,18,20). The number of carbonyl (C=O) groups is 1. The van der Waals surface area contributed by atoms with E-state index in [2.05, 4.69) is 14.9 Å². The maximum atomic E-state index is 11.9. The second kappa shape index (κ2) is 8.77. The first-order valence-corrected chi connectivity index (χ1v) is 8.10. The molecule has 20 heavy (non-hydrogen) atoms. The van der Waals surface area contributed by atoms with Crippen molar-refractivity contribution in [2.75, 3.05) is 6.54 Å². The van der Waals surface area contributed by atoms with Crippen molar-refractivity contribution in [3.05, 3.63) is 18.7 Å². The number of aromatic nitrogens is 2. The summed E-state index contributed by atoms with van der Waals surface area (Å²) in [5, 5.41) is 3.10. The molecule has 1 aromatic heterocycles. The van der Waals surface area contributed by atoms with Crippen LogP contribution in [0.15, 0.2) is 18.7 Å². The zero-order valence-corrected chi connectivity index (χ0v) is 12.4. The summed E-state index contributed by atoms with van der Waals surface area (Å²) in [6, 6.07) is 0. The summed E-state index contributed by atoms with van der Waals surface area (Å²) in [6.45, 7) is 1.90. The Hall–Kier alpha value is -1.32. The quantitative estimate of drug-likeness (QED) is 0.742. The minimum absolute atomic E-state index is 0.295. The van der Waals surface area contributed by atoms with E-state index >= 15 is 0 Å². The van der Waals surface area contributed by atoms with E-state index in [-0.39, 0.29) is 0 Å². The lowest BCUT2D eigenvalue weighted by Gasteiger charge is -2.20. The van der Waals surface area contributed by atoms with Gasteiger partial charge in [0.05, 0.1) is 6.33 Å². The van der Waals surface area contributed by atoms with Crippen LogP contribution in [0.2, 0.25) is 0 Å². The molecule has 1 N–H and O–H groups in total. The highest BCUT2D eigenvalue weighted by Gasteiger charge is 2.20. The summed E-state index contributed by atoms with van der Waals surface area (Å²) in [7, 11) is 0. The van der Waals surface area contributed by atoms with Crippen LogP contribution < -0.4 is 5.32 Å². The van der Waals surface area contributed by atoms with Crippen LogP contribution in [0.25, 0.3) is 0 Å². The molecule has 0 aromatic carbocycles. The van der Waals surface area contributed by atoms with Gasteiger partial charge in [0.1, 0.15) is 0 Å². The number of rotatable bonds is 8. The van der Waals surface area contributed by atoms with Crippen LogP contribution in [-0.2, 0) is 11.3 Å². The van der Waals surface area contributed by atoms with Gasteiger partial charge < -0.3 is 9.88 Å². The fourth-order valence-corrected chi connectivity index (χ4v) is 2.91. The molecule has 1 amide bonds. The highest BCUT2D eigenvalue weighted by Crippen LogP contribution is 2.23. The van der Waals surface area contributed by atoms with Crippen molar-refractivity contribution < 1.29 is 4.79 Å². The molecule has 0 unspecified atom stereocenters. The van der Waals surface area contributed by atoms with Gasteiger partial charge in [0.2, 0.25) is 5.91 Å². The van der Waals surface area contributed by atoms with Gasteiger partial charge in [0, 0.05) is 31.4 Å². The minimum atomic E-state index is 0.295. The van der Waals surface area contributed by atoms with Gasteiger partial charge in [-0.2, -0.15) is 0 Å². The van der Waals surface area contributed by atoms with Crippen molar-refractivity contribution >= 4 is 5.91 Å². The molecule has 0 saturated heterocycles. The number of nitrogens with zero attached hydrogens (tertiary/aromatic N) is 2. The van der Waals surface area contributed by atoms with Gasteiger partial charge >= 0.3 is 0 Å². The van der Waals surface area contributed by atoms with Crippen LogP contribution in [0.3, 0.4) is 0 Å². The molecule has 0 spiro atoms. The van der Waals surface area contributed by atoms with Crippen molar-refractivity contribution in [1.29, 1.82) is 0 Å². The molecule has 4 heteroatoms. The second-order valence-corrected chi connectivity index (χ2v) is 5.84. The number of unbranched alkanes of at least 4 members (excludes halogenated alkanes) is 3. The zero-order valence-electron chi connectivity index (χ0n) is 12.4. The molecule has 4 nitrogen and oxygen atoms in total. The van der Waals surface area contributed by atoms with Crippen molar-refractivity contribution in [2.45, 2.75) is 64.3 Å². The molecule has 1 aromatic rings. The number of aryl methyl sites for hydroxylation is 1. The third-order valence-electron chi connectivity index (χ3n) is 4.18. The van der Waals surface area contributed by atoms with Gasteiger partial charge in [-0.05, 0) is 25.7 Å². The molecule has 0 radical (unpaired) electrons. The molecule has 1 aliphatic rings. The minimum Gasteiger partial charge on any atom is -0.356 e. The van der Waals surface area contributed by atoms with E-state index in [1.165, 1.54) is 38.5 Å². The summed E-state index contributed by atoms with van der Waals surface area (Å²) in [4.78, 5) is 16.0. The number of hydrogen-bond donors (Lipinski definition) is 1. The third-order valence-corrected chi connectivity index (χ3v) is 4.18. The van der Waals surface area contributed by atoms with Crippen LogP contribution in [0, 0.1) is 5.92 Å². The summed E-state index contributed by atoms with van der Waals surface area (Å²) >= 11 is 0. The number of amides is 1. The average molecular weight is 277 g/mol. The van der Waals surface area contributed by atoms with E-state index in [1.807, 2.05) is 18.7 Å². The van der Waals surface area contributed by atoms with Gasteiger partial charge in [-0.15, -0.1) is 0 Å². The van der Waals surface area contributed by atoms with E-state index in [0.29, 0.717) is 11.8 Å². The smallest absolute Gasteiger partial charge is 0.223 e. The van der Waals surface area contributed by atoms with Crippen LogP contribution in [0.1, 0.15) is 57.8 Å². The SMILES string of the molecule is O=C(NCCCCCCn1ccnc1)C1CCCCC1. The Morgan fingerprint density at radius 1 is 1.15 bits per heavy atom. The molecule has 0 bridgehead atoms. The monoisotopic (exact) mass is 277 g/mol. The number of hydrogen-bond acceptors (Lipinski definition) is 2. The van der Waals surface area contributed by atoms with Crippen molar-refractivity contribution in [1.82, 2.24) is 14.9 Å². The molecular weight excluding hydrogens is 250 g/mol. The normalized spacial score (nSPS) is 16.2. The lowest BCUT2D eigenvalue weighted by molar-refractivity contribution is -0.125. The molecule has 1 saturated carbocycles. The molecule has 1 aliphatic carbocycles. The van der Waals surface area contributed by atoms with Crippen LogP contribution in [-0.4, -0.2) is 22.0 Å². The molecule has 2 rings (SSSR count). The van der Waals surface area contributed by atoms with Crippen molar-refractivity contribution in [2.24, 2.45) is 5.92 Å². The van der Waals surface area contributed by atoms with Gasteiger partial charge in [-0.3, -0.25) is 4.79 Å². The first-order valence-electron chi connectivity index (χ1n) is 8.10. The van der Waals surface area contributed by atoms with Gasteiger partial charge in [0.25, 0.3) is 0 Å². The van der Waals surface area contributed by atoms with Gasteiger partial charge in [-0.1, -0.05) is 32.1 Å². The lowest BCUT2D eigenvalue weighted by Crippen LogP contribution is -2.32. The van der Waals surface area contributed by atoms with E-state index in [4.69, 9.17) is 0 Å². The first-order chi connectivity index (χ1) is 9.86. The Morgan fingerprint density at radius 3 is 2.70 bits per heavy atom. The lowest BCUT2D eigenvalue weighted by atomic mass is 9.89. The van der Waals surface area contributed by atoms with Crippen molar-refractivity contribution in [3.63, 3.8) is 0 Å². The van der Waals surface area contributed by atoms with E-state index in [9.17, 15) is 4.79 Å². The maximum absolute atomic E-state index is 11.9. The average Bonchev–Trinajstić information content (AvgIpc) is 3.00. The Kier molecular flexibility index (Phi) is 6.61. The van der Waals surface area contributed by atoms with E-state index < -0.39 is 0 Å². The second-order valence-electron chi connectivity index (χ2n) is 5.84. The third kappa shape index (κ3) is 5.35. The molecule has 1 fully saturated rings. The number of imidazole rings is 1. The van der Waals surface area contributed by atoms with Gasteiger partial charge in [0.15, 0.2) is 0 Å². The fraction of sp³-hybridized carbons (Fsp3) is 0.750. The topological polar surface area (TPSA) is 46.9 Å². The van der Waals surface area contributed by atoms with Crippen LogP contribution in [0.4, 0.5) is 0 Å².